The van der Waals surface area contributed by atoms with Crippen LogP contribution < -0.4 is 4.90 Å². The number of nitriles is 1. The monoisotopic (exact) mass is 518 g/mol. The number of likely N-dealkylation sites (tertiary alicyclic amines) is 1. The fourth-order valence-corrected chi connectivity index (χ4v) is 4.29. The van der Waals surface area contributed by atoms with Gasteiger partial charge in [0.05, 0.1) is 30.7 Å². The molecule has 0 radical (unpaired) electrons. The number of aromatic nitrogens is 1. The highest BCUT2D eigenvalue weighted by atomic mass is 19.1. The Morgan fingerprint density at radius 1 is 1.22 bits per heavy atom. The first kappa shape index (κ1) is 26.7. The fourth-order valence-electron chi connectivity index (χ4n) is 4.29. The number of carbonyl (C=O) groups excluding carboxylic acids is 1. The van der Waals surface area contributed by atoms with Crippen molar-refractivity contribution >= 4 is 11.9 Å². The summed E-state index contributed by atoms with van der Waals surface area (Å²) in [4.78, 5) is 19.7. The third kappa shape index (κ3) is 6.50. The molecule has 2 saturated heterocycles. The van der Waals surface area contributed by atoms with Gasteiger partial charge >= 0.3 is 6.09 Å². The number of pyridine rings is 1. The molecule has 0 aliphatic carbocycles. The van der Waals surface area contributed by atoms with Gasteiger partial charge in [-0.1, -0.05) is 0 Å². The van der Waals surface area contributed by atoms with E-state index in [-0.39, 0.29) is 30.2 Å². The van der Waals surface area contributed by atoms with Crippen molar-refractivity contribution in [2.45, 2.75) is 45.6 Å². The van der Waals surface area contributed by atoms with Crippen LogP contribution in [-0.4, -0.2) is 60.7 Å². The number of anilines is 1. The smallest absolute Gasteiger partial charge is 0.410 e. The molecule has 2 aliphatic rings. The number of rotatable bonds is 6. The number of amides is 1. The lowest BCUT2D eigenvalue weighted by Gasteiger charge is -2.52. The van der Waals surface area contributed by atoms with Crippen LogP contribution in [-0.2, 0) is 20.8 Å². The zero-order valence-corrected chi connectivity index (χ0v) is 21.0. The summed E-state index contributed by atoms with van der Waals surface area (Å²) in [5, 5.41) is 9.04. The average molecular weight is 519 g/mol. The molecule has 1 amide bonds. The van der Waals surface area contributed by atoms with Crippen molar-refractivity contribution in [1.82, 2.24) is 9.88 Å². The molecule has 3 heterocycles. The number of hydrogen-bond donors (Lipinski definition) is 0. The number of carbonyl (C=O) groups is 1. The molecule has 0 saturated carbocycles. The summed E-state index contributed by atoms with van der Waals surface area (Å²) in [5.41, 5.74) is -0.816. The number of benzene rings is 1. The predicted molar refractivity (Wildman–Crippen MR) is 127 cm³/mol. The van der Waals surface area contributed by atoms with Crippen LogP contribution in [0.15, 0.2) is 30.5 Å². The summed E-state index contributed by atoms with van der Waals surface area (Å²) < 4.78 is 59.3. The van der Waals surface area contributed by atoms with Gasteiger partial charge in [0.1, 0.15) is 34.9 Å². The van der Waals surface area contributed by atoms with Crippen LogP contribution in [0.5, 0.6) is 0 Å². The van der Waals surface area contributed by atoms with Gasteiger partial charge in [-0.3, -0.25) is 0 Å². The number of nitrogens with zero attached hydrogens (tertiary/aromatic N) is 4. The van der Waals surface area contributed by atoms with Crippen LogP contribution in [0.3, 0.4) is 0 Å². The highest BCUT2D eigenvalue weighted by Crippen LogP contribution is 2.36. The molecular formula is C26H29F3N4O4. The maximum absolute atomic E-state index is 14.4. The van der Waals surface area contributed by atoms with Gasteiger partial charge in [-0.2, -0.15) is 5.26 Å². The number of hydrogen-bond acceptors (Lipinski definition) is 7. The zero-order chi connectivity index (χ0) is 26.8. The Hall–Kier alpha value is -3.36. The second kappa shape index (κ2) is 10.6. The van der Waals surface area contributed by atoms with E-state index >= 15 is 0 Å². The van der Waals surface area contributed by atoms with Gasteiger partial charge in [-0.25, -0.2) is 22.9 Å². The summed E-state index contributed by atoms with van der Waals surface area (Å²) in [6.45, 7) is 7.22. The minimum absolute atomic E-state index is 0.210. The third-order valence-corrected chi connectivity index (χ3v) is 6.15. The van der Waals surface area contributed by atoms with Crippen LogP contribution in [0.4, 0.5) is 23.8 Å². The molecule has 4 rings (SSSR count). The topological polar surface area (TPSA) is 87.9 Å². The zero-order valence-electron chi connectivity index (χ0n) is 21.0. The lowest BCUT2D eigenvalue weighted by Crippen LogP contribution is -2.65. The SMILES string of the molecule is CC(C)(C)OC(=O)N1CC2(COC(CCN(Cc3c(F)cc(F)cc3F)c3ccc(C#N)cn3)OC2)C1. The van der Waals surface area contributed by atoms with Gasteiger partial charge < -0.3 is 24.0 Å². The van der Waals surface area contributed by atoms with Gasteiger partial charge in [-0.15, -0.1) is 0 Å². The van der Waals surface area contributed by atoms with Crippen molar-refractivity contribution < 1.29 is 32.2 Å². The van der Waals surface area contributed by atoms with Crippen LogP contribution in [0, 0.1) is 34.2 Å². The number of halogens is 3. The third-order valence-electron chi connectivity index (χ3n) is 6.15. The van der Waals surface area contributed by atoms with Crippen molar-refractivity contribution in [2.24, 2.45) is 5.41 Å². The summed E-state index contributed by atoms with van der Waals surface area (Å²) in [6.07, 6.45) is 0.790. The molecule has 198 valence electrons. The van der Waals surface area contributed by atoms with Crippen molar-refractivity contribution in [2.75, 3.05) is 37.7 Å². The number of ether oxygens (including phenoxy) is 3. The quantitative estimate of drug-likeness (QED) is 0.561. The van der Waals surface area contributed by atoms with E-state index in [1.165, 1.54) is 6.20 Å². The Balaban J connectivity index is 1.36. The Bertz CT molecular complexity index is 1140. The minimum Gasteiger partial charge on any atom is -0.444 e. The molecule has 2 aliphatic heterocycles. The highest BCUT2D eigenvalue weighted by molar-refractivity contribution is 5.69. The largest absolute Gasteiger partial charge is 0.444 e. The molecule has 2 fully saturated rings. The summed E-state index contributed by atoms with van der Waals surface area (Å²) in [6, 6.07) is 6.37. The first-order valence-electron chi connectivity index (χ1n) is 11.9. The van der Waals surface area contributed by atoms with E-state index in [4.69, 9.17) is 19.5 Å². The minimum atomic E-state index is -0.999. The summed E-state index contributed by atoms with van der Waals surface area (Å²) >= 11 is 0. The van der Waals surface area contributed by atoms with Crippen molar-refractivity contribution in [3.05, 3.63) is 59.0 Å². The van der Waals surface area contributed by atoms with Crippen LogP contribution in [0.25, 0.3) is 0 Å². The predicted octanol–water partition coefficient (Wildman–Crippen LogP) is 4.38. The second-order valence-electron chi connectivity index (χ2n) is 10.5. The molecule has 37 heavy (non-hydrogen) atoms. The Labute approximate surface area is 213 Å². The molecule has 0 atom stereocenters. The average Bonchev–Trinajstić information content (AvgIpc) is 2.81. The van der Waals surface area contributed by atoms with E-state index in [1.807, 2.05) is 26.8 Å². The molecule has 2 aromatic rings. The first-order valence-corrected chi connectivity index (χ1v) is 11.9. The van der Waals surface area contributed by atoms with E-state index in [9.17, 15) is 18.0 Å². The van der Waals surface area contributed by atoms with Crippen molar-refractivity contribution in [1.29, 1.82) is 5.26 Å². The lowest BCUT2D eigenvalue weighted by molar-refractivity contribution is -0.254. The second-order valence-corrected chi connectivity index (χ2v) is 10.5. The van der Waals surface area contributed by atoms with E-state index in [1.54, 1.807) is 21.9 Å². The summed E-state index contributed by atoms with van der Waals surface area (Å²) in [7, 11) is 0. The lowest BCUT2D eigenvalue weighted by atomic mass is 9.81. The van der Waals surface area contributed by atoms with Crippen LogP contribution in [0.2, 0.25) is 0 Å². The molecule has 1 aromatic carbocycles. The Morgan fingerprint density at radius 3 is 2.41 bits per heavy atom. The molecule has 0 N–H and O–H groups in total. The summed E-state index contributed by atoms with van der Waals surface area (Å²) in [5.74, 6) is -2.60. The molecule has 1 aromatic heterocycles. The van der Waals surface area contributed by atoms with E-state index < -0.39 is 29.3 Å². The van der Waals surface area contributed by atoms with E-state index in [0.29, 0.717) is 56.2 Å². The first-order chi connectivity index (χ1) is 17.5. The van der Waals surface area contributed by atoms with Gasteiger partial charge in [0.25, 0.3) is 0 Å². The van der Waals surface area contributed by atoms with Crippen molar-refractivity contribution in [3.8, 4) is 6.07 Å². The van der Waals surface area contributed by atoms with Crippen LogP contribution in [0.1, 0.15) is 38.3 Å². The Morgan fingerprint density at radius 2 is 1.86 bits per heavy atom. The maximum atomic E-state index is 14.4. The van der Waals surface area contributed by atoms with E-state index in [2.05, 4.69) is 4.98 Å². The molecule has 1 spiro atoms. The van der Waals surface area contributed by atoms with Crippen LogP contribution >= 0.6 is 0 Å². The molecule has 11 heteroatoms. The normalized spacial score (nSPS) is 17.3. The molecule has 0 unspecified atom stereocenters. The standard InChI is InChI=1S/C26H29F3N4O4/c1-25(2,3)37-24(34)33-13-26(14-33)15-35-23(36-16-26)6-7-32(22-5-4-17(10-30)11-31-22)12-19-20(28)8-18(27)9-21(19)29/h4-5,8-9,11,23H,6-7,12-16H2,1-3H3. The van der Waals surface area contributed by atoms with Crippen molar-refractivity contribution in [3.63, 3.8) is 0 Å². The molecule has 8 nitrogen and oxygen atoms in total. The van der Waals surface area contributed by atoms with Gasteiger partial charge in [-0.05, 0) is 32.9 Å². The van der Waals surface area contributed by atoms with E-state index in [0.717, 1.165) is 0 Å². The maximum Gasteiger partial charge on any atom is 0.410 e. The Kier molecular flexibility index (Phi) is 7.62. The van der Waals surface area contributed by atoms with Gasteiger partial charge in [0.2, 0.25) is 0 Å². The highest BCUT2D eigenvalue weighted by Gasteiger charge is 2.49. The van der Waals surface area contributed by atoms with Gasteiger partial charge in [0.15, 0.2) is 6.29 Å². The molecular weight excluding hydrogens is 489 g/mol. The molecule has 0 bridgehead atoms. The fraction of sp³-hybridized carbons (Fsp3) is 0.500. The van der Waals surface area contributed by atoms with Gasteiger partial charge in [0, 0.05) is 49.9 Å².